The third-order valence-electron chi connectivity index (χ3n) is 2.78. The molecule has 2 aromatic rings. The van der Waals surface area contributed by atoms with Crippen LogP contribution in [0.5, 0.6) is 11.5 Å². The maximum Gasteiger partial charge on any atom is 0.135 e. The molecule has 0 saturated heterocycles. The van der Waals surface area contributed by atoms with Crippen molar-refractivity contribution in [2.24, 2.45) is 0 Å². The molecule has 0 unspecified atom stereocenters. The molecule has 0 saturated carbocycles. The van der Waals surface area contributed by atoms with Crippen molar-refractivity contribution < 1.29 is 9.47 Å². The average molecular weight is 322 g/mol. The van der Waals surface area contributed by atoms with E-state index in [1.54, 1.807) is 14.2 Å². The summed E-state index contributed by atoms with van der Waals surface area (Å²) in [6.07, 6.45) is 0. The number of hydrogen-bond acceptors (Lipinski definition) is 3. The van der Waals surface area contributed by atoms with E-state index < -0.39 is 0 Å². The number of benzene rings is 2. The van der Waals surface area contributed by atoms with Gasteiger partial charge in [0.15, 0.2) is 0 Å². The number of rotatable bonds is 5. The Morgan fingerprint density at radius 1 is 1.05 bits per heavy atom. The Hall–Kier alpha value is -1.68. The third-order valence-corrected chi connectivity index (χ3v) is 3.44. The Bertz CT molecular complexity index is 558. The normalized spacial score (nSPS) is 10.1. The Labute approximate surface area is 121 Å². The van der Waals surface area contributed by atoms with Crippen molar-refractivity contribution in [1.82, 2.24) is 0 Å². The summed E-state index contributed by atoms with van der Waals surface area (Å²) in [4.78, 5) is 0. The summed E-state index contributed by atoms with van der Waals surface area (Å²) < 4.78 is 11.4. The zero-order valence-corrected chi connectivity index (χ0v) is 12.5. The van der Waals surface area contributed by atoms with Crippen LogP contribution in [0.1, 0.15) is 5.56 Å². The molecule has 0 aliphatic rings. The zero-order valence-electron chi connectivity index (χ0n) is 10.9. The van der Waals surface area contributed by atoms with Crippen LogP contribution in [0.25, 0.3) is 0 Å². The molecule has 2 rings (SSSR count). The Morgan fingerprint density at radius 2 is 1.89 bits per heavy atom. The summed E-state index contributed by atoms with van der Waals surface area (Å²) in [5.41, 5.74) is 2.18. The highest BCUT2D eigenvalue weighted by molar-refractivity contribution is 9.10. The lowest BCUT2D eigenvalue weighted by Gasteiger charge is -2.10. The summed E-state index contributed by atoms with van der Waals surface area (Å²) in [6.45, 7) is 0.738. The lowest BCUT2D eigenvalue weighted by molar-refractivity contribution is 0.412. The van der Waals surface area contributed by atoms with Crippen molar-refractivity contribution in [1.29, 1.82) is 0 Å². The van der Waals surface area contributed by atoms with Gasteiger partial charge in [0.2, 0.25) is 0 Å². The number of methoxy groups -OCH3 is 2. The summed E-state index contributed by atoms with van der Waals surface area (Å²) in [6, 6.07) is 13.9. The first-order valence-electron chi connectivity index (χ1n) is 5.93. The van der Waals surface area contributed by atoms with Gasteiger partial charge in [0.25, 0.3) is 0 Å². The Balaban J connectivity index is 2.05. The first kappa shape index (κ1) is 13.7. The minimum absolute atomic E-state index is 0.738. The van der Waals surface area contributed by atoms with Gasteiger partial charge in [-0.15, -0.1) is 0 Å². The molecule has 0 fully saturated rings. The van der Waals surface area contributed by atoms with Gasteiger partial charge in [0.05, 0.1) is 18.7 Å². The van der Waals surface area contributed by atoms with E-state index in [-0.39, 0.29) is 0 Å². The van der Waals surface area contributed by atoms with Crippen LogP contribution >= 0.6 is 15.9 Å². The summed E-state index contributed by atoms with van der Waals surface area (Å²) in [7, 11) is 3.33. The predicted molar refractivity (Wildman–Crippen MR) is 81.0 cm³/mol. The van der Waals surface area contributed by atoms with E-state index in [0.717, 1.165) is 28.2 Å². The number of halogens is 1. The molecule has 3 nitrogen and oxygen atoms in total. The first-order chi connectivity index (χ1) is 9.22. The molecule has 1 N–H and O–H groups in total. The summed E-state index contributed by atoms with van der Waals surface area (Å²) >= 11 is 3.44. The lowest BCUT2D eigenvalue weighted by atomic mass is 10.2. The number of hydrogen-bond donors (Lipinski definition) is 1. The van der Waals surface area contributed by atoms with Crippen molar-refractivity contribution >= 4 is 21.6 Å². The van der Waals surface area contributed by atoms with Crippen LogP contribution in [-0.2, 0) is 6.54 Å². The molecular formula is C15H16BrNO2. The minimum atomic E-state index is 0.738. The van der Waals surface area contributed by atoms with Crippen LogP contribution in [-0.4, -0.2) is 14.2 Å². The second-order valence-electron chi connectivity index (χ2n) is 4.05. The molecule has 100 valence electrons. The highest BCUT2D eigenvalue weighted by Gasteiger charge is 2.02. The van der Waals surface area contributed by atoms with Gasteiger partial charge in [-0.25, -0.2) is 0 Å². The molecule has 4 heteroatoms. The Kier molecular flexibility index (Phi) is 4.68. The van der Waals surface area contributed by atoms with Gasteiger partial charge in [-0.2, -0.15) is 0 Å². The number of ether oxygens (including phenoxy) is 2. The van der Waals surface area contributed by atoms with Gasteiger partial charge in [-0.05, 0) is 45.8 Å². The third kappa shape index (κ3) is 3.64. The molecule has 0 heterocycles. The smallest absolute Gasteiger partial charge is 0.135 e. The van der Waals surface area contributed by atoms with Crippen LogP contribution in [0.2, 0.25) is 0 Å². The van der Waals surface area contributed by atoms with Crippen LogP contribution in [0.15, 0.2) is 46.9 Å². The van der Waals surface area contributed by atoms with Gasteiger partial charge in [0.1, 0.15) is 11.5 Å². The fourth-order valence-corrected chi connectivity index (χ4v) is 2.16. The first-order valence-corrected chi connectivity index (χ1v) is 6.72. The molecule has 0 spiro atoms. The topological polar surface area (TPSA) is 30.5 Å². The van der Waals surface area contributed by atoms with E-state index in [1.165, 1.54) is 5.56 Å². The van der Waals surface area contributed by atoms with E-state index in [0.29, 0.717) is 0 Å². The van der Waals surface area contributed by atoms with Gasteiger partial charge in [-0.1, -0.05) is 12.1 Å². The van der Waals surface area contributed by atoms with Crippen molar-refractivity contribution in [2.75, 3.05) is 19.5 Å². The monoisotopic (exact) mass is 321 g/mol. The molecule has 0 radical (unpaired) electrons. The molecule has 0 atom stereocenters. The van der Waals surface area contributed by atoms with E-state index in [9.17, 15) is 0 Å². The van der Waals surface area contributed by atoms with E-state index in [1.807, 2.05) is 36.4 Å². The summed E-state index contributed by atoms with van der Waals surface area (Å²) in [5, 5.41) is 3.36. The van der Waals surface area contributed by atoms with Gasteiger partial charge >= 0.3 is 0 Å². The maximum atomic E-state index is 5.27. The largest absolute Gasteiger partial charge is 0.497 e. The molecule has 19 heavy (non-hydrogen) atoms. The van der Waals surface area contributed by atoms with E-state index >= 15 is 0 Å². The van der Waals surface area contributed by atoms with Gasteiger partial charge < -0.3 is 14.8 Å². The van der Waals surface area contributed by atoms with Crippen LogP contribution in [0.3, 0.4) is 0 Å². The fraction of sp³-hybridized carbons (Fsp3) is 0.200. The fourth-order valence-electron chi connectivity index (χ4n) is 1.76. The standard InChI is InChI=1S/C15H16BrNO2/c1-18-13-5-3-4-11(8-13)10-17-12-6-7-14(16)15(9-12)19-2/h3-9,17H,10H2,1-2H3. The molecule has 0 aliphatic heterocycles. The molecule has 0 aromatic heterocycles. The number of anilines is 1. The molecule has 0 amide bonds. The van der Waals surface area contributed by atoms with Crippen molar-refractivity contribution in [3.8, 4) is 11.5 Å². The van der Waals surface area contributed by atoms with Crippen LogP contribution in [0.4, 0.5) is 5.69 Å². The SMILES string of the molecule is COc1cccc(CNc2ccc(Br)c(OC)c2)c1. The molecule has 0 aliphatic carbocycles. The molecule has 0 bridgehead atoms. The number of nitrogens with one attached hydrogen (secondary N) is 1. The van der Waals surface area contributed by atoms with Gasteiger partial charge in [-0.3, -0.25) is 0 Å². The quantitative estimate of drug-likeness (QED) is 0.900. The van der Waals surface area contributed by atoms with Crippen molar-refractivity contribution in [2.45, 2.75) is 6.54 Å². The highest BCUT2D eigenvalue weighted by Crippen LogP contribution is 2.28. The molecule has 2 aromatic carbocycles. The second-order valence-corrected chi connectivity index (χ2v) is 4.91. The lowest BCUT2D eigenvalue weighted by Crippen LogP contribution is -2.00. The molecular weight excluding hydrogens is 306 g/mol. The van der Waals surface area contributed by atoms with Gasteiger partial charge in [0, 0.05) is 18.3 Å². The van der Waals surface area contributed by atoms with Crippen molar-refractivity contribution in [3.63, 3.8) is 0 Å². The van der Waals surface area contributed by atoms with E-state index in [2.05, 4.69) is 27.3 Å². The Morgan fingerprint density at radius 3 is 2.63 bits per heavy atom. The van der Waals surface area contributed by atoms with Crippen molar-refractivity contribution in [3.05, 3.63) is 52.5 Å². The maximum absolute atomic E-state index is 5.27. The minimum Gasteiger partial charge on any atom is -0.497 e. The second kappa shape index (κ2) is 6.48. The zero-order chi connectivity index (χ0) is 13.7. The summed E-state index contributed by atoms with van der Waals surface area (Å²) in [5.74, 6) is 1.68. The van der Waals surface area contributed by atoms with E-state index in [4.69, 9.17) is 9.47 Å². The predicted octanol–water partition coefficient (Wildman–Crippen LogP) is 4.08. The average Bonchev–Trinajstić information content (AvgIpc) is 2.46. The highest BCUT2D eigenvalue weighted by atomic mass is 79.9. The van der Waals surface area contributed by atoms with Crippen LogP contribution in [0, 0.1) is 0 Å². The van der Waals surface area contributed by atoms with Crippen LogP contribution < -0.4 is 14.8 Å².